The van der Waals surface area contributed by atoms with E-state index in [4.69, 9.17) is 0 Å². The summed E-state index contributed by atoms with van der Waals surface area (Å²) >= 11 is 0. The lowest BCUT2D eigenvalue weighted by Crippen LogP contribution is -2.30. The first kappa shape index (κ1) is 11.5. The fraction of sp³-hybridized carbons (Fsp3) is 0.538. The molecule has 1 N–H and O–H groups in total. The Morgan fingerprint density at radius 3 is 2.50 bits per heavy atom. The van der Waals surface area contributed by atoms with Crippen LogP contribution in [0.2, 0.25) is 0 Å². The second kappa shape index (κ2) is 3.81. The Bertz CT molecular complexity index is 413. The molecule has 0 bridgehead atoms. The first-order valence-corrected chi connectivity index (χ1v) is 5.68. The van der Waals surface area contributed by atoms with Crippen molar-refractivity contribution in [2.24, 2.45) is 5.92 Å². The number of aliphatic hydroxyl groups is 1. The van der Waals surface area contributed by atoms with Crippen molar-refractivity contribution in [1.82, 2.24) is 0 Å². The van der Waals surface area contributed by atoms with Crippen LogP contribution < -0.4 is 0 Å². The van der Waals surface area contributed by atoms with Gasteiger partial charge in [-0.25, -0.2) is 8.78 Å². The summed E-state index contributed by atoms with van der Waals surface area (Å²) in [5, 5.41) is 10.4. The molecule has 0 spiro atoms. The first-order valence-electron chi connectivity index (χ1n) is 5.68. The molecule has 1 saturated carbocycles. The van der Waals surface area contributed by atoms with E-state index in [0.29, 0.717) is 12.0 Å². The van der Waals surface area contributed by atoms with Gasteiger partial charge in [-0.1, -0.05) is 13.0 Å². The normalized spacial score (nSPS) is 19.6. The maximum absolute atomic E-state index is 13.9. The van der Waals surface area contributed by atoms with Crippen molar-refractivity contribution in [2.75, 3.05) is 0 Å². The average molecular weight is 226 g/mol. The van der Waals surface area contributed by atoms with E-state index in [-0.39, 0.29) is 11.5 Å². The zero-order valence-electron chi connectivity index (χ0n) is 9.56. The molecule has 1 aromatic rings. The van der Waals surface area contributed by atoms with Crippen molar-refractivity contribution in [2.45, 2.75) is 38.7 Å². The molecule has 1 aromatic carbocycles. The van der Waals surface area contributed by atoms with E-state index in [1.54, 1.807) is 13.8 Å². The maximum Gasteiger partial charge on any atom is 0.135 e. The molecule has 1 fully saturated rings. The quantitative estimate of drug-likeness (QED) is 0.838. The number of benzene rings is 1. The molecule has 16 heavy (non-hydrogen) atoms. The Balaban J connectivity index is 2.57. The highest BCUT2D eigenvalue weighted by Crippen LogP contribution is 2.49. The summed E-state index contributed by atoms with van der Waals surface area (Å²) in [6.45, 7) is 3.35. The van der Waals surface area contributed by atoms with Gasteiger partial charge in [0.1, 0.15) is 11.6 Å². The highest BCUT2D eigenvalue weighted by atomic mass is 19.1. The molecule has 0 saturated heterocycles. The lowest BCUT2D eigenvalue weighted by Gasteiger charge is -2.28. The first-order chi connectivity index (χ1) is 7.50. The number of hydrogen-bond donors (Lipinski definition) is 1. The molecular weight excluding hydrogens is 210 g/mol. The zero-order valence-corrected chi connectivity index (χ0v) is 9.56. The van der Waals surface area contributed by atoms with Crippen molar-refractivity contribution in [3.05, 3.63) is 34.9 Å². The summed E-state index contributed by atoms with van der Waals surface area (Å²) in [4.78, 5) is 0. The second-order valence-corrected chi connectivity index (χ2v) is 4.61. The van der Waals surface area contributed by atoms with Gasteiger partial charge in [-0.15, -0.1) is 0 Å². The molecule has 1 aliphatic carbocycles. The lowest BCUT2D eigenvalue weighted by molar-refractivity contribution is 0.00191. The number of halogens is 2. The average Bonchev–Trinajstić information content (AvgIpc) is 3.07. The predicted molar refractivity (Wildman–Crippen MR) is 58.0 cm³/mol. The molecule has 1 atom stereocenters. The van der Waals surface area contributed by atoms with Crippen molar-refractivity contribution in [3.8, 4) is 0 Å². The second-order valence-electron chi connectivity index (χ2n) is 4.61. The molecule has 1 nitrogen and oxygen atoms in total. The van der Waals surface area contributed by atoms with E-state index in [0.717, 1.165) is 12.8 Å². The van der Waals surface area contributed by atoms with Crippen LogP contribution in [0.1, 0.15) is 37.3 Å². The van der Waals surface area contributed by atoms with Crippen LogP contribution in [0.25, 0.3) is 0 Å². The highest BCUT2D eigenvalue weighted by Gasteiger charge is 2.46. The van der Waals surface area contributed by atoms with Crippen LogP contribution in [0.15, 0.2) is 12.1 Å². The van der Waals surface area contributed by atoms with E-state index in [1.807, 2.05) is 0 Å². The minimum Gasteiger partial charge on any atom is -0.385 e. The molecule has 0 heterocycles. The van der Waals surface area contributed by atoms with Gasteiger partial charge in [0.25, 0.3) is 0 Å². The Morgan fingerprint density at radius 2 is 2.00 bits per heavy atom. The third-order valence-corrected chi connectivity index (χ3v) is 3.51. The summed E-state index contributed by atoms with van der Waals surface area (Å²) in [6.07, 6.45) is 2.03. The lowest BCUT2D eigenvalue weighted by atomic mass is 9.84. The fourth-order valence-electron chi connectivity index (χ4n) is 2.28. The number of aryl methyl sites for hydroxylation is 1. The standard InChI is InChI=1S/C13H16F2O/c1-3-13(16,9-5-6-9)11-10(14)7-4-8(2)12(11)15/h4,7,9,16H,3,5-6H2,1-2H3. The van der Waals surface area contributed by atoms with Crippen LogP contribution in [0, 0.1) is 24.5 Å². The molecule has 0 aliphatic heterocycles. The molecule has 1 aliphatic rings. The van der Waals surface area contributed by atoms with Crippen LogP contribution in [-0.4, -0.2) is 5.11 Å². The van der Waals surface area contributed by atoms with Crippen molar-refractivity contribution in [1.29, 1.82) is 0 Å². The van der Waals surface area contributed by atoms with Gasteiger partial charge in [-0.3, -0.25) is 0 Å². The Hall–Kier alpha value is -0.960. The van der Waals surface area contributed by atoms with Crippen molar-refractivity contribution in [3.63, 3.8) is 0 Å². The third kappa shape index (κ3) is 1.63. The fourth-order valence-corrected chi connectivity index (χ4v) is 2.28. The maximum atomic E-state index is 13.9. The van der Waals surface area contributed by atoms with Crippen LogP contribution in [0.3, 0.4) is 0 Å². The highest BCUT2D eigenvalue weighted by molar-refractivity contribution is 5.32. The van der Waals surface area contributed by atoms with Crippen molar-refractivity contribution < 1.29 is 13.9 Å². The van der Waals surface area contributed by atoms with E-state index in [2.05, 4.69) is 0 Å². The summed E-state index contributed by atoms with van der Waals surface area (Å²) in [7, 11) is 0. The van der Waals surface area contributed by atoms with E-state index in [9.17, 15) is 13.9 Å². The van der Waals surface area contributed by atoms with Gasteiger partial charge >= 0.3 is 0 Å². The molecule has 1 unspecified atom stereocenters. The van der Waals surface area contributed by atoms with E-state index < -0.39 is 17.2 Å². The minimum absolute atomic E-state index is 0.00306. The SMILES string of the molecule is CCC(O)(c1c(F)ccc(C)c1F)C1CC1. The predicted octanol–water partition coefficient (Wildman–Crippen LogP) is 3.28. The van der Waals surface area contributed by atoms with Gasteiger partial charge in [0.15, 0.2) is 0 Å². The largest absolute Gasteiger partial charge is 0.385 e. The van der Waals surface area contributed by atoms with E-state index in [1.165, 1.54) is 12.1 Å². The Morgan fingerprint density at radius 1 is 1.38 bits per heavy atom. The summed E-state index contributed by atoms with van der Waals surface area (Å²) in [6, 6.07) is 2.63. The van der Waals surface area contributed by atoms with Crippen LogP contribution in [0.5, 0.6) is 0 Å². The minimum atomic E-state index is -1.33. The monoisotopic (exact) mass is 226 g/mol. The van der Waals surface area contributed by atoms with Gasteiger partial charge in [-0.05, 0) is 43.7 Å². The molecule has 88 valence electrons. The third-order valence-electron chi connectivity index (χ3n) is 3.51. The Kier molecular flexibility index (Phi) is 2.74. The summed E-state index contributed by atoms with van der Waals surface area (Å²) in [5.74, 6) is -1.24. The van der Waals surface area contributed by atoms with Crippen molar-refractivity contribution >= 4 is 0 Å². The number of rotatable bonds is 3. The smallest absolute Gasteiger partial charge is 0.135 e. The van der Waals surface area contributed by atoms with Gasteiger partial charge in [0.05, 0.1) is 11.2 Å². The van der Waals surface area contributed by atoms with Crippen LogP contribution in [0.4, 0.5) is 8.78 Å². The van der Waals surface area contributed by atoms with Crippen LogP contribution >= 0.6 is 0 Å². The van der Waals surface area contributed by atoms with E-state index >= 15 is 0 Å². The number of hydrogen-bond acceptors (Lipinski definition) is 1. The topological polar surface area (TPSA) is 20.2 Å². The molecule has 0 amide bonds. The molecular formula is C13H16F2O. The van der Waals surface area contributed by atoms with Gasteiger partial charge < -0.3 is 5.11 Å². The summed E-state index contributed by atoms with van der Waals surface area (Å²) in [5.41, 5.74) is -1.10. The molecule has 0 aromatic heterocycles. The molecule has 0 radical (unpaired) electrons. The Labute approximate surface area is 94.1 Å². The zero-order chi connectivity index (χ0) is 11.9. The van der Waals surface area contributed by atoms with Gasteiger partial charge in [-0.2, -0.15) is 0 Å². The van der Waals surface area contributed by atoms with Crippen LogP contribution in [-0.2, 0) is 5.60 Å². The molecule has 3 heteroatoms. The summed E-state index contributed by atoms with van der Waals surface area (Å²) < 4.78 is 27.6. The van der Waals surface area contributed by atoms with Gasteiger partial charge in [0, 0.05) is 0 Å². The molecule has 2 rings (SSSR count). The van der Waals surface area contributed by atoms with Gasteiger partial charge in [0.2, 0.25) is 0 Å².